The molecule has 6 heteroatoms. The van der Waals surface area contributed by atoms with E-state index in [1.807, 2.05) is 112 Å². The molecule has 0 fully saturated rings. The molecule has 0 radical (unpaired) electrons. The zero-order valence-electron chi connectivity index (χ0n) is 24.5. The molecule has 4 rings (SSSR count). The van der Waals surface area contributed by atoms with Crippen LogP contribution >= 0.6 is 0 Å². The Morgan fingerprint density at radius 2 is 0.690 bits per heavy atom. The number of nitrogens with one attached hydrogen (secondary N) is 3. The summed E-state index contributed by atoms with van der Waals surface area (Å²) >= 11 is 0. The molecule has 0 spiro atoms. The predicted octanol–water partition coefficient (Wildman–Crippen LogP) is 5.77. The van der Waals surface area contributed by atoms with Crippen molar-refractivity contribution in [1.29, 1.82) is 0 Å². The maximum Gasteiger partial charge on any atom is 0.251 e. The minimum absolute atomic E-state index is 0.147. The number of hydrogen-bond donors (Lipinski definition) is 3. The maximum atomic E-state index is 13.3. The van der Waals surface area contributed by atoms with Gasteiger partial charge in [0.1, 0.15) is 0 Å². The zero-order chi connectivity index (χ0) is 29.9. The molecule has 0 heterocycles. The van der Waals surface area contributed by atoms with E-state index in [0.29, 0.717) is 19.3 Å². The van der Waals surface area contributed by atoms with Crippen molar-refractivity contribution in [1.82, 2.24) is 16.0 Å². The van der Waals surface area contributed by atoms with Crippen molar-refractivity contribution in [2.24, 2.45) is 0 Å². The first-order valence-electron chi connectivity index (χ1n) is 14.5. The molecular formula is C36H39N3O3. The van der Waals surface area contributed by atoms with Gasteiger partial charge in [0.05, 0.1) is 0 Å². The van der Waals surface area contributed by atoms with E-state index in [4.69, 9.17) is 0 Å². The van der Waals surface area contributed by atoms with Crippen LogP contribution in [0.15, 0.2) is 109 Å². The van der Waals surface area contributed by atoms with Crippen LogP contribution in [-0.2, 0) is 19.3 Å². The van der Waals surface area contributed by atoms with E-state index >= 15 is 0 Å². The molecule has 0 bridgehead atoms. The summed E-state index contributed by atoms with van der Waals surface area (Å²) in [5.41, 5.74) is 4.12. The summed E-state index contributed by atoms with van der Waals surface area (Å²) in [6.07, 6.45) is 1.98. The molecule has 0 aromatic heterocycles. The second kappa shape index (κ2) is 14.8. The average Bonchev–Trinajstić information content (AvgIpc) is 2.98. The molecule has 4 aromatic rings. The normalized spacial score (nSPS) is 12.9. The molecule has 0 aliphatic heterocycles. The lowest BCUT2D eigenvalue weighted by Gasteiger charge is -2.18. The average molecular weight is 562 g/mol. The summed E-state index contributed by atoms with van der Waals surface area (Å²) in [5, 5.41) is 9.06. The monoisotopic (exact) mass is 561 g/mol. The number of rotatable bonds is 12. The van der Waals surface area contributed by atoms with E-state index in [1.54, 1.807) is 18.2 Å². The first-order chi connectivity index (χ1) is 20.3. The van der Waals surface area contributed by atoms with E-state index in [1.165, 1.54) is 0 Å². The van der Waals surface area contributed by atoms with Crippen LogP contribution in [0.5, 0.6) is 0 Å². The van der Waals surface area contributed by atoms with Crippen LogP contribution in [0.4, 0.5) is 0 Å². The van der Waals surface area contributed by atoms with Crippen molar-refractivity contribution >= 4 is 17.7 Å². The molecule has 0 saturated heterocycles. The quantitative estimate of drug-likeness (QED) is 0.205. The van der Waals surface area contributed by atoms with Gasteiger partial charge < -0.3 is 16.0 Å². The number of carbonyl (C=O) groups is 3. The third kappa shape index (κ3) is 9.16. The zero-order valence-corrected chi connectivity index (χ0v) is 24.5. The Hall–Kier alpha value is -4.71. The molecule has 3 atom stereocenters. The Morgan fingerprint density at radius 1 is 0.452 bits per heavy atom. The summed E-state index contributed by atoms with van der Waals surface area (Å²) < 4.78 is 0. The molecule has 216 valence electrons. The maximum absolute atomic E-state index is 13.3. The van der Waals surface area contributed by atoms with Gasteiger partial charge >= 0.3 is 0 Å². The standard InChI is InChI=1S/C36H39N3O3/c1-25(19-28-13-7-4-8-14-28)37-34(40)31-22-32(35(41)38-26(2)20-29-15-9-5-10-16-29)24-33(23-31)36(42)39-27(3)21-30-17-11-6-12-18-30/h4-18,22-27H,19-21H2,1-3H3,(H,37,40)(H,38,41)(H,39,42)/t25-,26-,27+/m0/s1. The largest absolute Gasteiger partial charge is 0.349 e. The van der Waals surface area contributed by atoms with Crippen LogP contribution in [0.25, 0.3) is 0 Å². The number of hydrogen-bond acceptors (Lipinski definition) is 3. The van der Waals surface area contributed by atoms with Gasteiger partial charge in [0.2, 0.25) is 0 Å². The fraction of sp³-hybridized carbons (Fsp3) is 0.250. The molecule has 0 unspecified atom stereocenters. The summed E-state index contributed by atoms with van der Waals surface area (Å²) in [4.78, 5) is 40.0. The van der Waals surface area contributed by atoms with E-state index in [9.17, 15) is 14.4 Å². The second-order valence-electron chi connectivity index (χ2n) is 11.0. The van der Waals surface area contributed by atoms with Gasteiger partial charge in [0, 0.05) is 34.8 Å². The highest BCUT2D eigenvalue weighted by molar-refractivity contribution is 6.04. The van der Waals surface area contributed by atoms with Crippen LogP contribution in [0.1, 0.15) is 68.5 Å². The lowest BCUT2D eigenvalue weighted by molar-refractivity contribution is 0.0939. The molecule has 4 aromatic carbocycles. The molecular weight excluding hydrogens is 522 g/mol. The summed E-state index contributed by atoms with van der Waals surface area (Å²) in [6.45, 7) is 5.81. The first-order valence-corrected chi connectivity index (χ1v) is 14.5. The van der Waals surface area contributed by atoms with Crippen molar-refractivity contribution in [3.05, 3.63) is 143 Å². The minimum atomic E-state index is -0.336. The molecule has 0 aliphatic rings. The third-order valence-corrected chi connectivity index (χ3v) is 7.01. The van der Waals surface area contributed by atoms with Crippen molar-refractivity contribution < 1.29 is 14.4 Å². The van der Waals surface area contributed by atoms with E-state index < -0.39 is 0 Å². The fourth-order valence-corrected chi connectivity index (χ4v) is 5.00. The molecule has 6 nitrogen and oxygen atoms in total. The van der Waals surface area contributed by atoms with E-state index in [0.717, 1.165) is 16.7 Å². The van der Waals surface area contributed by atoms with Gasteiger partial charge in [-0.25, -0.2) is 0 Å². The Labute approximate surface area is 248 Å². The van der Waals surface area contributed by atoms with Crippen LogP contribution in [-0.4, -0.2) is 35.8 Å². The topological polar surface area (TPSA) is 87.3 Å². The van der Waals surface area contributed by atoms with Gasteiger partial charge in [-0.2, -0.15) is 0 Å². The van der Waals surface area contributed by atoms with Gasteiger partial charge in [-0.1, -0.05) is 91.0 Å². The smallest absolute Gasteiger partial charge is 0.251 e. The molecule has 0 saturated carbocycles. The summed E-state index contributed by atoms with van der Waals surface area (Å²) in [7, 11) is 0. The molecule has 0 aliphatic carbocycles. The highest BCUT2D eigenvalue weighted by Gasteiger charge is 2.20. The van der Waals surface area contributed by atoms with E-state index in [-0.39, 0.29) is 52.5 Å². The lowest BCUT2D eigenvalue weighted by atomic mass is 10.0. The number of benzene rings is 4. The number of carbonyl (C=O) groups excluding carboxylic acids is 3. The predicted molar refractivity (Wildman–Crippen MR) is 168 cm³/mol. The Morgan fingerprint density at radius 3 is 0.929 bits per heavy atom. The van der Waals surface area contributed by atoms with Crippen LogP contribution in [0, 0.1) is 0 Å². The Balaban J connectivity index is 1.52. The highest BCUT2D eigenvalue weighted by Crippen LogP contribution is 2.14. The molecule has 42 heavy (non-hydrogen) atoms. The van der Waals surface area contributed by atoms with Crippen molar-refractivity contribution in [2.75, 3.05) is 0 Å². The third-order valence-electron chi connectivity index (χ3n) is 7.01. The second-order valence-corrected chi connectivity index (χ2v) is 11.0. The van der Waals surface area contributed by atoms with Gasteiger partial charge in [0.15, 0.2) is 0 Å². The lowest BCUT2D eigenvalue weighted by Crippen LogP contribution is -2.37. The Bertz CT molecular complexity index is 1280. The van der Waals surface area contributed by atoms with Crippen molar-refractivity contribution in [2.45, 2.75) is 58.2 Å². The Kier molecular flexibility index (Phi) is 10.6. The summed E-state index contributed by atoms with van der Waals surface area (Å²) in [6, 6.07) is 34.0. The van der Waals surface area contributed by atoms with Gasteiger partial charge in [0.25, 0.3) is 17.7 Å². The fourth-order valence-electron chi connectivity index (χ4n) is 5.00. The van der Waals surface area contributed by atoms with Crippen molar-refractivity contribution in [3.63, 3.8) is 0 Å². The van der Waals surface area contributed by atoms with Crippen LogP contribution in [0.3, 0.4) is 0 Å². The van der Waals surface area contributed by atoms with Crippen LogP contribution in [0.2, 0.25) is 0 Å². The molecule has 3 N–H and O–H groups in total. The van der Waals surface area contributed by atoms with Gasteiger partial charge in [-0.3, -0.25) is 14.4 Å². The molecule has 3 amide bonds. The highest BCUT2D eigenvalue weighted by atomic mass is 16.2. The number of amides is 3. The summed E-state index contributed by atoms with van der Waals surface area (Å²) in [5.74, 6) is -1.01. The first kappa shape index (κ1) is 30.3. The van der Waals surface area contributed by atoms with Gasteiger partial charge in [-0.15, -0.1) is 0 Å². The van der Waals surface area contributed by atoms with Gasteiger partial charge in [-0.05, 0) is 74.9 Å². The van der Waals surface area contributed by atoms with Crippen LogP contribution < -0.4 is 16.0 Å². The van der Waals surface area contributed by atoms with E-state index in [2.05, 4.69) is 16.0 Å². The van der Waals surface area contributed by atoms with Crippen molar-refractivity contribution in [3.8, 4) is 0 Å². The minimum Gasteiger partial charge on any atom is -0.349 e. The SMILES string of the molecule is C[C@H](Cc1ccccc1)NC(=O)c1cc(C(=O)N[C@@H](C)Cc2ccccc2)cc(C(=O)N[C@@H](C)Cc2ccccc2)c1.